The normalized spacial score (nSPS) is 23.6. The topological polar surface area (TPSA) is 110 Å². The quantitative estimate of drug-likeness (QED) is 0.480. The lowest BCUT2D eigenvalue weighted by Gasteiger charge is -2.19. The van der Waals surface area contributed by atoms with Crippen molar-refractivity contribution in [3.8, 4) is 0 Å². The Morgan fingerprint density at radius 1 is 1.57 bits per heavy atom. The molecule has 2 atom stereocenters. The molecule has 0 radical (unpaired) electrons. The Balaban J connectivity index is 2.44. The zero-order valence-electron chi connectivity index (χ0n) is 7.85. The molecule has 6 heteroatoms. The van der Waals surface area contributed by atoms with Crippen LogP contribution in [0.25, 0.3) is 0 Å². The van der Waals surface area contributed by atoms with Crippen LogP contribution in [0.15, 0.2) is 0 Å². The van der Waals surface area contributed by atoms with Gasteiger partial charge in [0.15, 0.2) is 0 Å². The number of nitrogens with zero attached hydrogens (tertiary/aromatic N) is 1. The molecule has 6 nitrogen and oxygen atoms in total. The molecular formula is C8H15N3O3. The highest BCUT2D eigenvalue weighted by Crippen LogP contribution is 2.10. The summed E-state index contributed by atoms with van der Waals surface area (Å²) in [6, 6.07) is -0.877. The molecule has 0 saturated carbocycles. The van der Waals surface area contributed by atoms with Gasteiger partial charge in [0.05, 0.1) is 18.6 Å². The summed E-state index contributed by atoms with van der Waals surface area (Å²) < 4.78 is 0. The Morgan fingerprint density at radius 3 is 2.64 bits per heavy atom. The molecule has 0 bridgehead atoms. The van der Waals surface area contributed by atoms with E-state index in [-0.39, 0.29) is 12.3 Å². The van der Waals surface area contributed by atoms with Crippen LogP contribution in [0.2, 0.25) is 0 Å². The number of likely N-dealkylation sites (tertiary alicyclic amines) is 1. The minimum Gasteiger partial charge on any atom is -0.391 e. The molecule has 80 valence electrons. The second-order valence-corrected chi connectivity index (χ2v) is 3.50. The number of nitrogens with two attached hydrogens (primary N) is 2. The van der Waals surface area contributed by atoms with E-state index in [1.54, 1.807) is 0 Å². The minimum atomic E-state index is -0.877. The Labute approximate surface area is 81.8 Å². The van der Waals surface area contributed by atoms with Gasteiger partial charge in [0, 0.05) is 13.1 Å². The van der Waals surface area contributed by atoms with E-state index in [1.165, 1.54) is 4.90 Å². The molecular weight excluding hydrogens is 186 g/mol. The Kier molecular flexibility index (Phi) is 3.43. The number of primary amides is 1. The molecule has 1 saturated heterocycles. The van der Waals surface area contributed by atoms with Gasteiger partial charge in [-0.3, -0.25) is 9.59 Å². The Bertz CT molecular complexity index is 244. The van der Waals surface area contributed by atoms with E-state index in [4.69, 9.17) is 11.5 Å². The Hall–Kier alpha value is -1.14. The molecule has 5 N–H and O–H groups in total. The molecule has 0 aromatic heterocycles. The van der Waals surface area contributed by atoms with Crippen LogP contribution in [0.5, 0.6) is 0 Å². The maximum Gasteiger partial charge on any atom is 0.240 e. The highest BCUT2D eigenvalue weighted by atomic mass is 16.3. The number of rotatable bonds is 3. The van der Waals surface area contributed by atoms with Gasteiger partial charge in [0.25, 0.3) is 0 Å². The monoisotopic (exact) mass is 201 g/mol. The van der Waals surface area contributed by atoms with Crippen molar-refractivity contribution in [2.45, 2.75) is 25.0 Å². The van der Waals surface area contributed by atoms with Crippen LogP contribution in [0.1, 0.15) is 12.8 Å². The van der Waals surface area contributed by atoms with Crippen molar-refractivity contribution in [1.82, 2.24) is 4.90 Å². The van der Waals surface area contributed by atoms with Crippen molar-refractivity contribution in [3.63, 3.8) is 0 Å². The van der Waals surface area contributed by atoms with Crippen LogP contribution >= 0.6 is 0 Å². The molecule has 1 fully saturated rings. The summed E-state index contributed by atoms with van der Waals surface area (Å²) in [6.07, 6.45) is -0.0554. The largest absolute Gasteiger partial charge is 0.391 e. The van der Waals surface area contributed by atoms with Gasteiger partial charge in [0.1, 0.15) is 0 Å². The molecule has 1 heterocycles. The van der Waals surface area contributed by atoms with Gasteiger partial charge in [-0.05, 0) is 6.42 Å². The number of hydrogen-bond donors (Lipinski definition) is 3. The maximum atomic E-state index is 11.5. The highest BCUT2D eigenvalue weighted by Gasteiger charge is 2.28. The van der Waals surface area contributed by atoms with Gasteiger partial charge in [-0.2, -0.15) is 0 Å². The summed E-state index contributed by atoms with van der Waals surface area (Å²) >= 11 is 0. The van der Waals surface area contributed by atoms with Crippen LogP contribution in [0.4, 0.5) is 0 Å². The number of amides is 2. The molecule has 0 aromatic carbocycles. The first-order valence-corrected chi connectivity index (χ1v) is 4.51. The molecule has 14 heavy (non-hydrogen) atoms. The number of carbonyl (C=O) groups is 2. The van der Waals surface area contributed by atoms with Crippen LogP contribution in [0, 0.1) is 0 Å². The number of aliphatic hydroxyl groups excluding tert-OH is 1. The van der Waals surface area contributed by atoms with Gasteiger partial charge in [-0.15, -0.1) is 0 Å². The summed E-state index contributed by atoms with van der Waals surface area (Å²) in [5.41, 5.74) is 10.4. The zero-order valence-corrected chi connectivity index (χ0v) is 7.85. The first-order chi connectivity index (χ1) is 6.50. The van der Waals surface area contributed by atoms with Gasteiger partial charge < -0.3 is 21.5 Å². The lowest BCUT2D eigenvalue weighted by atomic mass is 10.2. The summed E-state index contributed by atoms with van der Waals surface area (Å²) in [5.74, 6) is -0.911. The summed E-state index contributed by atoms with van der Waals surface area (Å²) in [7, 11) is 0. The molecule has 1 aliphatic rings. The lowest BCUT2D eigenvalue weighted by Crippen LogP contribution is -2.44. The SMILES string of the molecule is NC(=O)CC(N)C(=O)N1CC[C@@H](O)C1. The first kappa shape index (κ1) is 10.9. The van der Waals surface area contributed by atoms with Crippen LogP contribution in [0.3, 0.4) is 0 Å². The average molecular weight is 201 g/mol. The lowest BCUT2D eigenvalue weighted by molar-refractivity contribution is -0.134. The van der Waals surface area contributed by atoms with Gasteiger partial charge in [0.2, 0.25) is 11.8 Å². The standard InChI is InChI=1S/C8H15N3O3/c9-6(3-7(10)13)8(14)11-2-1-5(12)4-11/h5-6,12H,1-4,9H2,(H2,10,13)/t5-,6?/m1/s1. The van der Waals surface area contributed by atoms with Gasteiger partial charge in [-0.1, -0.05) is 0 Å². The highest BCUT2D eigenvalue weighted by molar-refractivity contribution is 5.87. The molecule has 2 amide bonds. The van der Waals surface area contributed by atoms with Gasteiger partial charge >= 0.3 is 0 Å². The van der Waals surface area contributed by atoms with E-state index in [1.807, 2.05) is 0 Å². The third kappa shape index (κ3) is 2.68. The van der Waals surface area contributed by atoms with Crippen molar-refractivity contribution in [2.75, 3.05) is 13.1 Å². The van der Waals surface area contributed by atoms with E-state index < -0.39 is 18.1 Å². The fourth-order valence-corrected chi connectivity index (χ4v) is 1.48. The van der Waals surface area contributed by atoms with Crippen molar-refractivity contribution in [1.29, 1.82) is 0 Å². The molecule has 1 aliphatic heterocycles. The maximum absolute atomic E-state index is 11.5. The van der Waals surface area contributed by atoms with Crippen LogP contribution in [-0.4, -0.2) is 47.1 Å². The number of hydrogen-bond acceptors (Lipinski definition) is 4. The first-order valence-electron chi connectivity index (χ1n) is 4.51. The van der Waals surface area contributed by atoms with Crippen LogP contribution < -0.4 is 11.5 Å². The fourth-order valence-electron chi connectivity index (χ4n) is 1.48. The third-order valence-corrected chi connectivity index (χ3v) is 2.21. The zero-order chi connectivity index (χ0) is 10.7. The van der Waals surface area contributed by atoms with Crippen molar-refractivity contribution < 1.29 is 14.7 Å². The average Bonchev–Trinajstić information content (AvgIpc) is 2.49. The van der Waals surface area contributed by atoms with Gasteiger partial charge in [-0.25, -0.2) is 0 Å². The fraction of sp³-hybridized carbons (Fsp3) is 0.750. The van der Waals surface area contributed by atoms with E-state index in [0.29, 0.717) is 19.5 Å². The number of aliphatic hydroxyl groups is 1. The summed E-state index contributed by atoms with van der Waals surface area (Å²) in [6.45, 7) is 0.789. The van der Waals surface area contributed by atoms with E-state index >= 15 is 0 Å². The molecule has 1 unspecified atom stereocenters. The second-order valence-electron chi connectivity index (χ2n) is 3.50. The van der Waals surface area contributed by atoms with Crippen molar-refractivity contribution in [3.05, 3.63) is 0 Å². The second kappa shape index (κ2) is 4.39. The van der Waals surface area contributed by atoms with Crippen molar-refractivity contribution >= 4 is 11.8 Å². The molecule has 0 spiro atoms. The van der Waals surface area contributed by atoms with E-state index in [2.05, 4.69) is 0 Å². The predicted molar refractivity (Wildman–Crippen MR) is 49.0 cm³/mol. The smallest absolute Gasteiger partial charge is 0.240 e. The molecule has 0 aliphatic carbocycles. The van der Waals surface area contributed by atoms with E-state index in [0.717, 1.165) is 0 Å². The van der Waals surface area contributed by atoms with Crippen LogP contribution in [-0.2, 0) is 9.59 Å². The summed E-state index contributed by atoms with van der Waals surface area (Å²) in [5, 5.41) is 9.19. The van der Waals surface area contributed by atoms with E-state index in [9.17, 15) is 14.7 Å². The molecule has 0 aromatic rings. The number of carbonyl (C=O) groups excluding carboxylic acids is 2. The predicted octanol–water partition coefficient (Wildman–Crippen LogP) is -2.22. The molecule has 1 rings (SSSR count). The number of β-amino-alcohol motifs (C(OH)–C–C–N with tert-alkyl or cyclic N) is 1. The summed E-state index contributed by atoms with van der Waals surface area (Å²) in [4.78, 5) is 23.5. The Morgan fingerprint density at radius 2 is 2.21 bits per heavy atom. The third-order valence-electron chi connectivity index (χ3n) is 2.21. The van der Waals surface area contributed by atoms with Crippen molar-refractivity contribution in [2.24, 2.45) is 11.5 Å². The minimum absolute atomic E-state index is 0.147.